The SMILES string of the molecule is CCCN(CC(=O)Nc1cc(-c2ccccc2)nn1-c1ccc(F)cc1)C(=O)c1ccccc1. The van der Waals surface area contributed by atoms with Crippen molar-refractivity contribution in [2.75, 3.05) is 18.4 Å². The van der Waals surface area contributed by atoms with Gasteiger partial charge in [0.1, 0.15) is 18.2 Å². The zero-order valence-corrected chi connectivity index (χ0v) is 18.8. The number of nitrogens with one attached hydrogen (secondary N) is 1. The lowest BCUT2D eigenvalue weighted by Gasteiger charge is -2.21. The van der Waals surface area contributed by atoms with Gasteiger partial charge in [-0.25, -0.2) is 9.07 Å². The van der Waals surface area contributed by atoms with Gasteiger partial charge in [0.05, 0.1) is 11.4 Å². The molecule has 4 rings (SSSR count). The molecule has 0 bridgehead atoms. The highest BCUT2D eigenvalue weighted by Gasteiger charge is 2.20. The number of anilines is 1. The number of carbonyl (C=O) groups excluding carboxylic acids is 2. The van der Waals surface area contributed by atoms with Crippen LogP contribution in [-0.4, -0.2) is 39.6 Å². The van der Waals surface area contributed by atoms with E-state index in [0.717, 1.165) is 12.0 Å². The van der Waals surface area contributed by atoms with E-state index in [1.807, 2.05) is 43.3 Å². The summed E-state index contributed by atoms with van der Waals surface area (Å²) in [6.45, 7) is 2.31. The number of nitrogens with zero attached hydrogens (tertiary/aromatic N) is 3. The number of carbonyl (C=O) groups is 2. The maximum atomic E-state index is 13.5. The molecule has 34 heavy (non-hydrogen) atoms. The Hall–Kier alpha value is -4.26. The Kier molecular flexibility index (Phi) is 7.13. The third kappa shape index (κ3) is 5.38. The molecule has 0 aliphatic carbocycles. The molecule has 1 heterocycles. The second-order valence-corrected chi connectivity index (χ2v) is 7.81. The number of rotatable bonds is 8. The van der Waals surface area contributed by atoms with Gasteiger partial charge in [0.15, 0.2) is 0 Å². The minimum Gasteiger partial charge on any atom is -0.329 e. The minimum atomic E-state index is -0.362. The van der Waals surface area contributed by atoms with Gasteiger partial charge >= 0.3 is 0 Å². The smallest absolute Gasteiger partial charge is 0.254 e. The van der Waals surface area contributed by atoms with Crippen LogP contribution in [0, 0.1) is 5.82 Å². The fourth-order valence-electron chi connectivity index (χ4n) is 3.64. The van der Waals surface area contributed by atoms with Crippen molar-refractivity contribution in [1.82, 2.24) is 14.7 Å². The first kappa shape index (κ1) is 22.9. The summed E-state index contributed by atoms with van der Waals surface area (Å²) in [7, 11) is 0. The van der Waals surface area contributed by atoms with Gasteiger partial charge in [-0.1, -0.05) is 55.5 Å². The third-order valence-corrected chi connectivity index (χ3v) is 5.25. The van der Waals surface area contributed by atoms with E-state index in [2.05, 4.69) is 10.4 Å². The number of amides is 2. The van der Waals surface area contributed by atoms with Crippen LogP contribution in [-0.2, 0) is 4.79 Å². The maximum Gasteiger partial charge on any atom is 0.254 e. The van der Waals surface area contributed by atoms with Crippen LogP contribution in [0.25, 0.3) is 16.9 Å². The van der Waals surface area contributed by atoms with Crippen LogP contribution >= 0.6 is 0 Å². The molecule has 0 unspecified atom stereocenters. The second kappa shape index (κ2) is 10.6. The molecule has 7 heteroatoms. The van der Waals surface area contributed by atoms with Crippen LogP contribution in [0.1, 0.15) is 23.7 Å². The van der Waals surface area contributed by atoms with Gasteiger partial charge in [0.25, 0.3) is 5.91 Å². The average molecular weight is 457 g/mol. The minimum absolute atomic E-state index is 0.100. The van der Waals surface area contributed by atoms with E-state index in [4.69, 9.17) is 0 Å². The first-order valence-corrected chi connectivity index (χ1v) is 11.1. The summed E-state index contributed by atoms with van der Waals surface area (Å²) in [4.78, 5) is 27.5. The molecule has 1 aromatic heterocycles. The first-order valence-electron chi connectivity index (χ1n) is 11.1. The number of halogens is 1. The molecule has 0 atom stereocenters. The molecule has 0 spiro atoms. The zero-order valence-electron chi connectivity index (χ0n) is 18.8. The van der Waals surface area contributed by atoms with Gasteiger partial charge in [0, 0.05) is 23.7 Å². The van der Waals surface area contributed by atoms with Crippen molar-refractivity contribution in [1.29, 1.82) is 0 Å². The third-order valence-electron chi connectivity index (χ3n) is 5.25. The van der Waals surface area contributed by atoms with E-state index in [1.54, 1.807) is 47.1 Å². The van der Waals surface area contributed by atoms with E-state index < -0.39 is 0 Å². The average Bonchev–Trinajstić information content (AvgIpc) is 3.28. The molecular weight excluding hydrogens is 431 g/mol. The van der Waals surface area contributed by atoms with Crippen LogP contribution in [0.3, 0.4) is 0 Å². The summed E-state index contributed by atoms with van der Waals surface area (Å²) in [5.74, 6) is -0.478. The van der Waals surface area contributed by atoms with Crippen molar-refractivity contribution in [2.24, 2.45) is 0 Å². The van der Waals surface area contributed by atoms with Gasteiger partial charge in [0.2, 0.25) is 5.91 Å². The highest BCUT2D eigenvalue weighted by Crippen LogP contribution is 2.25. The Balaban J connectivity index is 1.60. The molecule has 6 nitrogen and oxygen atoms in total. The Morgan fingerprint density at radius 1 is 0.941 bits per heavy atom. The standard InChI is InChI=1S/C27H25FN4O2/c1-2-17-31(27(34)21-11-7-4-8-12-21)19-26(33)29-25-18-24(20-9-5-3-6-10-20)30-32(25)23-15-13-22(28)14-16-23/h3-16,18H,2,17,19H2,1H3,(H,29,33). The van der Waals surface area contributed by atoms with E-state index in [9.17, 15) is 14.0 Å². The zero-order chi connectivity index (χ0) is 23.9. The molecule has 0 saturated heterocycles. The lowest BCUT2D eigenvalue weighted by molar-refractivity contribution is -0.116. The monoisotopic (exact) mass is 456 g/mol. The van der Waals surface area contributed by atoms with Gasteiger partial charge < -0.3 is 10.2 Å². The van der Waals surface area contributed by atoms with Crippen molar-refractivity contribution in [3.8, 4) is 16.9 Å². The topological polar surface area (TPSA) is 67.2 Å². The van der Waals surface area contributed by atoms with Crippen molar-refractivity contribution in [3.63, 3.8) is 0 Å². The quantitative estimate of drug-likeness (QED) is 0.398. The molecule has 4 aromatic rings. The summed E-state index contributed by atoms with van der Waals surface area (Å²) < 4.78 is 15.0. The summed E-state index contributed by atoms with van der Waals surface area (Å²) in [5.41, 5.74) is 2.67. The van der Waals surface area contributed by atoms with Crippen LogP contribution in [0.15, 0.2) is 91.0 Å². The molecule has 0 radical (unpaired) electrons. The van der Waals surface area contributed by atoms with Crippen LogP contribution in [0.4, 0.5) is 10.2 Å². The summed E-state index contributed by atoms with van der Waals surface area (Å²) in [6, 6.07) is 26.1. The Morgan fingerprint density at radius 3 is 2.24 bits per heavy atom. The Morgan fingerprint density at radius 2 is 1.59 bits per heavy atom. The Bertz CT molecular complexity index is 1260. The first-order chi connectivity index (χ1) is 16.5. The van der Waals surface area contributed by atoms with Crippen LogP contribution < -0.4 is 5.32 Å². The van der Waals surface area contributed by atoms with Gasteiger partial charge in [-0.15, -0.1) is 0 Å². The summed E-state index contributed by atoms with van der Waals surface area (Å²) in [6.07, 6.45) is 0.720. The molecule has 3 aromatic carbocycles. The predicted octanol–water partition coefficient (Wildman–Crippen LogP) is 5.17. The Labute approximate surface area is 197 Å². The molecular formula is C27H25FN4O2. The molecule has 0 saturated carbocycles. The fourth-order valence-corrected chi connectivity index (χ4v) is 3.64. The highest BCUT2D eigenvalue weighted by molar-refractivity contribution is 5.99. The summed E-state index contributed by atoms with van der Waals surface area (Å²) >= 11 is 0. The van der Waals surface area contributed by atoms with E-state index in [-0.39, 0.29) is 24.2 Å². The summed E-state index contributed by atoms with van der Waals surface area (Å²) in [5, 5.41) is 7.51. The molecule has 0 aliphatic rings. The second-order valence-electron chi connectivity index (χ2n) is 7.81. The van der Waals surface area contributed by atoms with Gasteiger partial charge in [-0.3, -0.25) is 9.59 Å². The van der Waals surface area contributed by atoms with E-state index in [0.29, 0.717) is 29.3 Å². The highest BCUT2D eigenvalue weighted by atomic mass is 19.1. The molecule has 2 amide bonds. The lowest BCUT2D eigenvalue weighted by atomic mass is 10.1. The van der Waals surface area contributed by atoms with Crippen molar-refractivity contribution in [2.45, 2.75) is 13.3 Å². The van der Waals surface area contributed by atoms with E-state index >= 15 is 0 Å². The maximum absolute atomic E-state index is 13.5. The molecule has 172 valence electrons. The predicted molar refractivity (Wildman–Crippen MR) is 130 cm³/mol. The van der Waals surface area contributed by atoms with Crippen molar-refractivity contribution in [3.05, 3.63) is 102 Å². The fraction of sp³-hybridized carbons (Fsp3) is 0.148. The number of hydrogen-bond donors (Lipinski definition) is 1. The normalized spacial score (nSPS) is 10.6. The number of hydrogen-bond acceptors (Lipinski definition) is 3. The molecule has 0 fully saturated rings. The van der Waals surface area contributed by atoms with Crippen molar-refractivity contribution >= 4 is 17.6 Å². The molecule has 0 aliphatic heterocycles. The van der Waals surface area contributed by atoms with E-state index in [1.165, 1.54) is 17.0 Å². The van der Waals surface area contributed by atoms with Crippen molar-refractivity contribution < 1.29 is 14.0 Å². The largest absolute Gasteiger partial charge is 0.329 e. The van der Waals surface area contributed by atoms with Gasteiger partial charge in [-0.05, 0) is 42.8 Å². The van der Waals surface area contributed by atoms with Crippen LogP contribution in [0.2, 0.25) is 0 Å². The molecule has 1 N–H and O–H groups in total. The van der Waals surface area contributed by atoms with Crippen LogP contribution in [0.5, 0.6) is 0 Å². The van der Waals surface area contributed by atoms with Gasteiger partial charge in [-0.2, -0.15) is 5.10 Å². The number of aromatic nitrogens is 2. The lowest BCUT2D eigenvalue weighted by Crippen LogP contribution is -2.38. The number of benzene rings is 3.